The molecular formula is C11H17ClN2O3S. The van der Waals surface area contributed by atoms with E-state index in [0.717, 1.165) is 6.26 Å². The monoisotopic (exact) mass is 292 g/mol. The summed E-state index contributed by atoms with van der Waals surface area (Å²) < 4.78 is 22.7. The fraction of sp³-hybridized carbons (Fsp3) is 0.364. The van der Waals surface area contributed by atoms with Gasteiger partial charge < -0.3 is 11.1 Å². The van der Waals surface area contributed by atoms with Crippen LogP contribution < -0.4 is 11.1 Å². The van der Waals surface area contributed by atoms with Crippen LogP contribution in [0.1, 0.15) is 17.3 Å². The van der Waals surface area contributed by atoms with Crippen LogP contribution in [0, 0.1) is 0 Å². The molecule has 0 aliphatic carbocycles. The van der Waals surface area contributed by atoms with Gasteiger partial charge in [0.2, 0.25) is 0 Å². The molecule has 0 spiro atoms. The first-order valence-corrected chi connectivity index (χ1v) is 7.05. The number of carbonyl (C=O) groups is 1. The van der Waals surface area contributed by atoms with Gasteiger partial charge >= 0.3 is 0 Å². The third-order valence-corrected chi connectivity index (χ3v) is 3.37. The number of sulfone groups is 1. The first kappa shape index (κ1) is 16.9. The van der Waals surface area contributed by atoms with Crippen LogP contribution in [0.25, 0.3) is 0 Å². The van der Waals surface area contributed by atoms with Crippen molar-refractivity contribution < 1.29 is 13.2 Å². The predicted molar refractivity (Wildman–Crippen MR) is 72.8 cm³/mol. The molecule has 3 N–H and O–H groups in total. The van der Waals surface area contributed by atoms with Gasteiger partial charge in [-0.1, -0.05) is 6.07 Å². The van der Waals surface area contributed by atoms with Gasteiger partial charge in [0.1, 0.15) is 0 Å². The summed E-state index contributed by atoms with van der Waals surface area (Å²) >= 11 is 0. The average molecular weight is 293 g/mol. The molecule has 1 amide bonds. The van der Waals surface area contributed by atoms with Crippen molar-refractivity contribution in [3.8, 4) is 0 Å². The number of benzene rings is 1. The summed E-state index contributed by atoms with van der Waals surface area (Å²) in [5, 5.41) is 2.67. The van der Waals surface area contributed by atoms with E-state index in [9.17, 15) is 13.2 Å². The van der Waals surface area contributed by atoms with Gasteiger partial charge in [-0.2, -0.15) is 0 Å². The molecule has 0 aliphatic heterocycles. The maximum Gasteiger partial charge on any atom is 0.251 e. The maximum absolute atomic E-state index is 11.7. The molecule has 0 heterocycles. The van der Waals surface area contributed by atoms with Gasteiger partial charge in [0, 0.05) is 24.4 Å². The fourth-order valence-corrected chi connectivity index (χ4v) is 1.90. The van der Waals surface area contributed by atoms with Gasteiger partial charge in [0.15, 0.2) is 9.84 Å². The smallest absolute Gasteiger partial charge is 0.251 e. The fourth-order valence-electron chi connectivity index (χ4n) is 1.23. The lowest BCUT2D eigenvalue weighted by Crippen LogP contribution is -2.37. The number of carbonyl (C=O) groups excluding carboxylic acids is 1. The summed E-state index contributed by atoms with van der Waals surface area (Å²) in [6, 6.07) is 5.77. The molecule has 0 aromatic heterocycles. The van der Waals surface area contributed by atoms with Crippen molar-refractivity contribution >= 4 is 28.2 Å². The number of rotatable bonds is 4. The van der Waals surface area contributed by atoms with E-state index in [1.165, 1.54) is 12.1 Å². The van der Waals surface area contributed by atoms with Gasteiger partial charge in [-0.05, 0) is 25.1 Å². The van der Waals surface area contributed by atoms with Crippen LogP contribution >= 0.6 is 12.4 Å². The number of hydrogen-bond donors (Lipinski definition) is 2. The Bertz CT molecular complexity index is 517. The zero-order valence-electron chi connectivity index (χ0n) is 10.2. The minimum Gasteiger partial charge on any atom is -0.348 e. The Hall–Kier alpha value is -1.11. The Balaban J connectivity index is 0.00000289. The first-order chi connectivity index (χ1) is 7.84. The van der Waals surface area contributed by atoms with Gasteiger partial charge in [0.25, 0.3) is 5.91 Å². The Labute approximate surface area is 113 Å². The molecule has 0 radical (unpaired) electrons. The van der Waals surface area contributed by atoms with E-state index in [2.05, 4.69) is 5.32 Å². The summed E-state index contributed by atoms with van der Waals surface area (Å²) in [5.41, 5.74) is 5.70. The molecule has 1 aromatic rings. The van der Waals surface area contributed by atoms with Gasteiger partial charge in [-0.3, -0.25) is 4.79 Å². The van der Waals surface area contributed by atoms with Crippen LogP contribution in [0.2, 0.25) is 0 Å². The van der Waals surface area contributed by atoms with E-state index in [1.807, 2.05) is 0 Å². The highest BCUT2D eigenvalue weighted by atomic mass is 35.5. The van der Waals surface area contributed by atoms with Crippen LogP contribution in [-0.4, -0.2) is 33.2 Å². The number of hydrogen-bond acceptors (Lipinski definition) is 4. The molecule has 1 atom stereocenters. The molecule has 7 heteroatoms. The van der Waals surface area contributed by atoms with Gasteiger partial charge in [-0.15, -0.1) is 12.4 Å². The third-order valence-electron chi connectivity index (χ3n) is 2.26. The predicted octanol–water partition coefficient (Wildman–Crippen LogP) is 0.589. The van der Waals surface area contributed by atoms with Crippen molar-refractivity contribution in [2.45, 2.75) is 17.9 Å². The number of amides is 1. The molecule has 1 aromatic carbocycles. The second kappa shape index (κ2) is 6.72. The Morgan fingerprint density at radius 3 is 2.56 bits per heavy atom. The van der Waals surface area contributed by atoms with Crippen LogP contribution in [-0.2, 0) is 9.84 Å². The van der Waals surface area contributed by atoms with E-state index in [1.54, 1.807) is 19.1 Å². The van der Waals surface area contributed by atoms with E-state index in [0.29, 0.717) is 12.1 Å². The molecular weight excluding hydrogens is 276 g/mol. The molecule has 18 heavy (non-hydrogen) atoms. The highest BCUT2D eigenvalue weighted by molar-refractivity contribution is 7.90. The minimum atomic E-state index is -3.30. The van der Waals surface area contributed by atoms with Gasteiger partial charge in [-0.25, -0.2) is 8.42 Å². The van der Waals surface area contributed by atoms with Crippen molar-refractivity contribution in [2.75, 3.05) is 12.8 Å². The summed E-state index contributed by atoms with van der Waals surface area (Å²) in [5.74, 6) is -0.326. The minimum absolute atomic E-state index is 0. The largest absolute Gasteiger partial charge is 0.348 e. The lowest BCUT2D eigenvalue weighted by Gasteiger charge is -2.11. The summed E-state index contributed by atoms with van der Waals surface area (Å²) in [6.45, 7) is 2.11. The first-order valence-electron chi connectivity index (χ1n) is 5.15. The van der Waals surface area contributed by atoms with Crippen LogP contribution in [0.3, 0.4) is 0 Å². The molecule has 0 unspecified atom stereocenters. The molecule has 102 valence electrons. The normalized spacial score (nSPS) is 12.4. The van der Waals surface area contributed by atoms with Crippen molar-refractivity contribution in [1.29, 1.82) is 0 Å². The third kappa shape index (κ3) is 4.64. The number of halogens is 1. The van der Waals surface area contributed by atoms with E-state index >= 15 is 0 Å². The topological polar surface area (TPSA) is 89.3 Å². The van der Waals surface area contributed by atoms with E-state index in [4.69, 9.17) is 5.73 Å². The van der Waals surface area contributed by atoms with Crippen molar-refractivity contribution in [2.24, 2.45) is 5.73 Å². The SMILES string of the molecule is C[C@@H](CN)NC(=O)c1cccc(S(C)(=O)=O)c1.Cl. The van der Waals surface area contributed by atoms with Gasteiger partial charge in [0.05, 0.1) is 4.90 Å². The zero-order chi connectivity index (χ0) is 13.1. The Morgan fingerprint density at radius 1 is 1.44 bits per heavy atom. The molecule has 5 nitrogen and oxygen atoms in total. The van der Waals surface area contributed by atoms with E-state index in [-0.39, 0.29) is 29.3 Å². The van der Waals surface area contributed by atoms with Crippen LogP contribution in [0.4, 0.5) is 0 Å². The zero-order valence-corrected chi connectivity index (χ0v) is 11.8. The Kier molecular flexibility index (Phi) is 6.31. The molecule has 0 fully saturated rings. The number of nitrogens with two attached hydrogens (primary N) is 1. The molecule has 0 bridgehead atoms. The standard InChI is InChI=1S/C11H16N2O3S.ClH/c1-8(7-12)13-11(14)9-4-3-5-10(6-9)17(2,15)16;/h3-6,8H,7,12H2,1-2H3,(H,13,14);1H/t8-;/m0./s1. The lowest BCUT2D eigenvalue weighted by molar-refractivity contribution is 0.0941. The van der Waals surface area contributed by atoms with Crippen molar-refractivity contribution in [3.63, 3.8) is 0 Å². The molecule has 1 rings (SSSR count). The summed E-state index contributed by atoms with van der Waals surface area (Å²) in [6.07, 6.45) is 1.10. The quantitative estimate of drug-likeness (QED) is 0.850. The Morgan fingerprint density at radius 2 is 2.06 bits per heavy atom. The maximum atomic E-state index is 11.7. The molecule has 0 aliphatic rings. The van der Waals surface area contributed by atoms with E-state index < -0.39 is 9.84 Å². The highest BCUT2D eigenvalue weighted by Gasteiger charge is 2.12. The highest BCUT2D eigenvalue weighted by Crippen LogP contribution is 2.11. The second-order valence-electron chi connectivity index (χ2n) is 3.91. The summed E-state index contributed by atoms with van der Waals surface area (Å²) in [7, 11) is -3.30. The van der Waals surface area contributed by atoms with Crippen LogP contribution in [0.5, 0.6) is 0 Å². The molecule has 0 saturated carbocycles. The number of nitrogens with one attached hydrogen (secondary N) is 1. The second-order valence-corrected chi connectivity index (χ2v) is 5.93. The van der Waals surface area contributed by atoms with Crippen molar-refractivity contribution in [3.05, 3.63) is 29.8 Å². The molecule has 0 saturated heterocycles. The van der Waals surface area contributed by atoms with Crippen LogP contribution in [0.15, 0.2) is 29.2 Å². The lowest BCUT2D eigenvalue weighted by atomic mass is 10.2. The van der Waals surface area contributed by atoms with Crippen molar-refractivity contribution in [1.82, 2.24) is 5.32 Å². The average Bonchev–Trinajstić information content (AvgIpc) is 2.28. The summed E-state index contributed by atoms with van der Waals surface area (Å²) in [4.78, 5) is 11.9.